The molecule has 1 N–H and O–H groups in total. The molecule has 0 atom stereocenters. The molecule has 0 aromatic rings. The first kappa shape index (κ1) is 10.7. The van der Waals surface area contributed by atoms with Crippen LogP contribution in [0.25, 0.3) is 0 Å². The zero-order chi connectivity index (χ0) is 9.23. The summed E-state index contributed by atoms with van der Waals surface area (Å²) in [5, 5.41) is 3.03. The van der Waals surface area contributed by atoms with E-state index in [0.717, 1.165) is 12.2 Å². The van der Waals surface area contributed by atoms with Crippen LogP contribution in [0.15, 0.2) is 41.6 Å². The Morgan fingerprint density at radius 1 is 1.58 bits per heavy atom. The molecule has 0 rings (SSSR count). The van der Waals surface area contributed by atoms with Crippen LogP contribution >= 0.6 is 0 Å². The van der Waals surface area contributed by atoms with Crippen LogP contribution in [0.2, 0.25) is 0 Å². The summed E-state index contributed by atoms with van der Waals surface area (Å²) in [6.45, 7) is 8.37. The van der Waals surface area contributed by atoms with Gasteiger partial charge in [-0.1, -0.05) is 18.7 Å². The normalized spacial score (nSPS) is 12.7. The lowest BCUT2D eigenvalue weighted by Gasteiger charge is -1.98. The topological polar surface area (TPSA) is 24.4 Å². The van der Waals surface area contributed by atoms with Crippen molar-refractivity contribution in [1.82, 2.24) is 5.32 Å². The van der Waals surface area contributed by atoms with Gasteiger partial charge in [0.25, 0.3) is 0 Å². The second-order valence-electron chi connectivity index (χ2n) is 2.13. The Bertz CT molecular complexity index is 200. The number of hydrogen-bond acceptors (Lipinski definition) is 1. The molecular weight excluding hydrogens is 148 g/mol. The average molecular weight is 164 g/mol. The van der Waals surface area contributed by atoms with E-state index in [9.17, 15) is 0 Å². The summed E-state index contributed by atoms with van der Waals surface area (Å²) in [6, 6.07) is 0. The fourth-order valence-corrected chi connectivity index (χ4v) is 0.670. The molecule has 0 aliphatic rings. The van der Waals surface area contributed by atoms with Crippen LogP contribution in [0.5, 0.6) is 0 Å². The maximum absolute atomic E-state index is 4.03. The lowest BCUT2D eigenvalue weighted by atomic mass is 10.3. The minimum absolute atomic E-state index is 0.796. The van der Waals surface area contributed by atoms with Crippen LogP contribution in [0.3, 0.4) is 0 Å². The van der Waals surface area contributed by atoms with E-state index in [4.69, 9.17) is 0 Å². The predicted octanol–water partition coefficient (Wildman–Crippen LogP) is 2.27. The minimum Gasteiger partial charge on any atom is -0.347 e. The number of nitrogens with zero attached hydrogens (tertiary/aromatic N) is 1. The van der Waals surface area contributed by atoms with Gasteiger partial charge in [-0.15, -0.1) is 0 Å². The van der Waals surface area contributed by atoms with Crippen molar-refractivity contribution in [3.8, 4) is 0 Å². The predicted molar refractivity (Wildman–Crippen MR) is 55.3 cm³/mol. The number of nitrogens with one attached hydrogen (secondary N) is 1. The SMILES string of the molecule is C=C/C=C(\C=C/C)NC=NCC. The summed E-state index contributed by atoms with van der Waals surface area (Å²) in [5.41, 5.74) is 0.990. The second kappa shape index (κ2) is 7.79. The fraction of sp³-hybridized carbons (Fsp3) is 0.300. The summed E-state index contributed by atoms with van der Waals surface area (Å²) >= 11 is 0. The van der Waals surface area contributed by atoms with Crippen molar-refractivity contribution in [1.29, 1.82) is 0 Å². The second-order valence-corrected chi connectivity index (χ2v) is 2.13. The maximum Gasteiger partial charge on any atom is 0.0867 e. The average Bonchev–Trinajstić information content (AvgIpc) is 2.06. The molecule has 0 heterocycles. The molecule has 2 nitrogen and oxygen atoms in total. The summed E-state index contributed by atoms with van der Waals surface area (Å²) in [5.74, 6) is 0. The van der Waals surface area contributed by atoms with Crippen LogP contribution in [0, 0.1) is 0 Å². The van der Waals surface area contributed by atoms with Crippen molar-refractivity contribution in [2.75, 3.05) is 6.54 Å². The quantitative estimate of drug-likeness (QED) is 0.376. The standard InChI is InChI=1S/C10H16N2/c1-4-7-10(8-5-2)12-9-11-6-3/h4-5,7-9H,1,6H2,2-3H3,(H,11,12)/b8-5-,10-7+. The van der Waals surface area contributed by atoms with E-state index in [1.54, 1.807) is 12.4 Å². The van der Waals surface area contributed by atoms with Crippen molar-refractivity contribution in [2.45, 2.75) is 13.8 Å². The third kappa shape index (κ3) is 5.47. The summed E-state index contributed by atoms with van der Waals surface area (Å²) in [4.78, 5) is 4.03. The number of rotatable bonds is 5. The van der Waals surface area contributed by atoms with Crippen LogP contribution in [0.1, 0.15) is 13.8 Å². The van der Waals surface area contributed by atoms with E-state index in [2.05, 4.69) is 16.9 Å². The first-order valence-electron chi connectivity index (χ1n) is 4.05. The monoisotopic (exact) mass is 164 g/mol. The first-order chi connectivity index (χ1) is 5.85. The number of hydrogen-bond donors (Lipinski definition) is 1. The summed E-state index contributed by atoms with van der Waals surface area (Å²) in [6.07, 6.45) is 9.24. The molecular formula is C10H16N2. The Kier molecular flexibility index (Phi) is 6.94. The van der Waals surface area contributed by atoms with Crippen molar-refractivity contribution in [2.24, 2.45) is 4.99 Å². The Morgan fingerprint density at radius 2 is 2.33 bits per heavy atom. The Labute approximate surface area is 74.4 Å². The lowest BCUT2D eigenvalue weighted by Crippen LogP contribution is -2.08. The van der Waals surface area contributed by atoms with E-state index in [0.29, 0.717) is 0 Å². The molecule has 66 valence electrons. The van der Waals surface area contributed by atoms with Crippen LogP contribution in [-0.4, -0.2) is 12.9 Å². The fourth-order valence-electron chi connectivity index (χ4n) is 0.670. The highest BCUT2D eigenvalue weighted by Gasteiger charge is 1.82. The highest BCUT2D eigenvalue weighted by atomic mass is 14.9. The van der Waals surface area contributed by atoms with Gasteiger partial charge in [-0.3, -0.25) is 4.99 Å². The molecule has 12 heavy (non-hydrogen) atoms. The molecule has 0 saturated heterocycles. The van der Waals surface area contributed by atoms with Crippen LogP contribution in [-0.2, 0) is 0 Å². The van der Waals surface area contributed by atoms with E-state index < -0.39 is 0 Å². The van der Waals surface area contributed by atoms with Gasteiger partial charge in [-0.25, -0.2) is 0 Å². The van der Waals surface area contributed by atoms with Gasteiger partial charge in [0, 0.05) is 12.2 Å². The van der Waals surface area contributed by atoms with Crippen molar-refractivity contribution >= 4 is 6.34 Å². The third-order valence-electron chi connectivity index (χ3n) is 1.15. The number of allylic oxidation sites excluding steroid dienone is 4. The van der Waals surface area contributed by atoms with Gasteiger partial charge in [0.2, 0.25) is 0 Å². The highest BCUT2D eigenvalue weighted by Crippen LogP contribution is 1.90. The zero-order valence-corrected chi connectivity index (χ0v) is 7.75. The molecule has 0 spiro atoms. The van der Waals surface area contributed by atoms with E-state index in [-0.39, 0.29) is 0 Å². The molecule has 0 unspecified atom stereocenters. The first-order valence-corrected chi connectivity index (χ1v) is 4.05. The van der Waals surface area contributed by atoms with E-state index in [1.807, 2.05) is 32.1 Å². The zero-order valence-electron chi connectivity index (χ0n) is 7.75. The molecule has 2 heteroatoms. The molecule has 0 aromatic carbocycles. The highest BCUT2D eigenvalue weighted by molar-refractivity contribution is 5.58. The molecule has 0 fully saturated rings. The lowest BCUT2D eigenvalue weighted by molar-refractivity contribution is 1.10. The summed E-state index contributed by atoms with van der Waals surface area (Å²) < 4.78 is 0. The third-order valence-corrected chi connectivity index (χ3v) is 1.15. The van der Waals surface area contributed by atoms with Crippen molar-refractivity contribution in [3.63, 3.8) is 0 Å². The van der Waals surface area contributed by atoms with E-state index in [1.165, 1.54) is 0 Å². The van der Waals surface area contributed by atoms with Gasteiger partial charge in [-0.2, -0.15) is 0 Å². The molecule has 0 aliphatic heterocycles. The van der Waals surface area contributed by atoms with E-state index >= 15 is 0 Å². The smallest absolute Gasteiger partial charge is 0.0867 e. The molecule has 0 amide bonds. The van der Waals surface area contributed by atoms with Gasteiger partial charge in [0.1, 0.15) is 0 Å². The van der Waals surface area contributed by atoms with Gasteiger partial charge in [0.15, 0.2) is 0 Å². The molecule has 0 aromatic heterocycles. The number of aliphatic imine (C=N–C) groups is 1. The maximum atomic E-state index is 4.03. The molecule has 0 aliphatic carbocycles. The van der Waals surface area contributed by atoms with Crippen molar-refractivity contribution in [3.05, 3.63) is 36.6 Å². The van der Waals surface area contributed by atoms with Gasteiger partial charge < -0.3 is 5.32 Å². The minimum atomic E-state index is 0.796. The van der Waals surface area contributed by atoms with Gasteiger partial charge >= 0.3 is 0 Å². The Morgan fingerprint density at radius 3 is 2.83 bits per heavy atom. The molecule has 0 bridgehead atoms. The van der Waals surface area contributed by atoms with Crippen LogP contribution in [0.4, 0.5) is 0 Å². The Hall–Kier alpha value is -1.31. The van der Waals surface area contributed by atoms with Gasteiger partial charge in [-0.05, 0) is 26.0 Å². The van der Waals surface area contributed by atoms with Crippen molar-refractivity contribution < 1.29 is 0 Å². The van der Waals surface area contributed by atoms with Crippen LogP contribution < -0.4 is 5.32 Å². The Balaban J connectivity index is 4.05. The molecule has 0 saturated carbocycles. The summed E-state index contributed by atoms with van der Waals surface area (Å²) in [7, 11) is 0. The molecule has 0 radical (unpaired) electrons. The largest absolute Gasteiger partial charge is 0.347 e. The van der Waals surface area contributed by atoms with Gasteiger partial charge in [0.05, 0.1) is 6.34 Å².